The minimum Gasteiger partial charge on any atom is -0.468 e. The Bertz CT molecular complexity index is 732. The normalized spacial score (nSPS) is 29.3. The molecule has 4 nitrogen and oxygen atoms in total. The first-order valence-corrected chi connectivity index (χ1v) is 9.03. The van der Waals surface area contributed by atoms with Crippen LogP contribution >= 0.6 is 0 Å². The lowest BCUT2D eigenvalue weighted by Gasteiger charge is -2.50. The van der Waals surface area contributed by atoms with Gasteiger partial charge in [0.2, 0.25) is 0 Å². The smallest absolute Gasteiger partial charge is 0.320 e. The number of hydrogen-bond acceptors (Lipinski definition) is 4. The third-order valence-electron chi connectivity index (χ3n) is 5.78. The molecule has 26 heavy (non-hydrogen) atoms. The lowest BCUT2D eigenvalue weighted by Crippen LogP contribution is -2.58. The van der Waals surface area contributed by atoms with Crippen molar-refractivity contribution in [3.63, 3.8) is 0 Å². The van der Waals surface area contributed by atoms with Gasteiger partial charge >= 0.3 is 5.97 Å². The van der Waals surface area contributed by atoms with Gasteiger partial charge in [-0.05, 0) is 29.4 Å². The van der Waals surface area contributed by atoms with E-state index in [4.69, 9.17) is 9.47 Å². The molecule has 0 aliphatic heterocycles. The molecule has 0 spiro atoms. The van der Waals surface area contributed by atoms with Crippen molar-refractivity contribution in [3.8, 4) is 0 Å². The molecule has 138 valence electrons. The number of rotatable bonds is 5. The molecule has 0 heterocycles. The Hall–Kier alpha value is -2.20. The molecular formula is C22H26O4. The minimum absolute atomic E-state index is 0.143. The molecule has 2 aliphatic carbocycles. The summed E-state index contributed by atoms with van der Waals surface area (Å²) < 4.78 is 11.0. The SMILES string of the molecule is COC(=O)[C@]12C(=O)C=CC(C)(C)[C@H]1CC=C[C@H]2COCc1ccccc1. The van der Waals surface area contributed by atoms with Crippen molar-refractivity contribution in [3.05, 3.63) is 60.2 Å². The number of methoxy groups -OCH3 is 1. The van der Waals surface area contributed by atoms with Gasteiger partial charge in [-0.25, -0.2) is 0 Å². The molecule has 0 aromatic heterocycles. The fourth-order valence-electron chi connectivity index (χ4n) is 4.39. The minimum atomic E-state index is -1.21. The maximum Gasteiger partial charge on any atom is 0.320 e. The van der Waals surface area contributed by atoms with Crippen LogP contribution in [0.3, 0.4) is 0 Å². The molecule has 0 fully saturated rings. The van der Waals surface area contributed by atoms with Crippen molar-refractivity contribution in [2.45, 2.75) is 26.9 Å². The van der Waals surface area contributed by atoms with Crippen molar-refractivity contribution < 1.29 is 19.1 Å². The van der Waals surface area contributed by atoms with Crippen molar-refractivity contribution in [1.29, 1.82) is 0 Å². The summed E-state index contributed by atoms with van der Waals surface area (Å²) in [5, 5.41) is 0. The third kappa shape index (κ3) is 3.03. The van der Waals surface area contributed by atoms with E-state index < -0.39 is 11.4 Å². The average Bonchev–Trinajstić information content (AvgIpc) is 2.65. The predicted octanol–water partition coefficient (Wildman–Crippen LogP) is 3.72. The van der Waals surface area contributed by atoms with Gasteiger partial charge in [0.05, 0.1) is 20.3 Å². The third-order valence-corrected chi connectivity index (χ3v) is 5.78. The quantitative estimate of drug-likeness (QED) is 0.459. The van der Waals surface area contributed by atoms with Gasteiger partial charge in [0.1, 0.15) is 5.41 Å². The molecule has 0 bridgehead atoms. The van der Waals surface area contributed by atoms with Gasteiger partial charge in [0.25, 0.3) is 0 Å². The zero-order chi connectivity index (χ0) is 18.8. The second kappa shape index (κ2) is 7.20. The van der Waals surface area contributed by atoms with Crippen LogP contribution in [0.1, 0.15) is 25.8 Å². The number of carbonyl (C=O) groups excluding carboxylic acids is 2. The highest BCUT2D eigenvalue weighted by molar-refractivity contribution is 6.11. The van der Waals surface area contributed by atoms with Crippen LogP contribution in [0.15, 0.2) is 54.6 Å². The number of allylic oxidation sites excluding steroid dienone is 3. The Labute approximate surface area is 154 Å². The Morgan fingerprint density at radius 1 is 1.23 bits per heavy atom. The summed E-state index contributed by atoms with van der Waals surface area (Å²) in [5.41, 5.74) is -0.422. The highest BCUT2D eigenvalue weighted by Crippen LogP contribution is 2.55. The van der Waals surface area contributed by atoms with E-state index in [-0.39, 0.29) is 23.0 Å². The molecule has 3 atom stereocenters. The summed E-state index contributed by atoms with van der Waals surface area (Å²) in [7, 11) is 1.35. The van der Waals surface area contributed by atoms with Crippen molar-refractivity contribution >= 4 is 11.8 Å². The van der Waals surface area contributed by atoms with Crippen molar-refractivity contribution in [1.82, 2.24) is 0 Å². The van der Waals surface area contributed by atoms with Gasteiger partial charge in [-0.2, -0.15) is 0 Å². The molecule has 0 radical (unpaired) electrons. The van der Waals surface area contributed by atoms with Gasteiger partial charge in [-0.1, -0.05) is 62.4 Å². The number of fused-ring (bicyclic) bond motifs is 1. The van der Waals surface area contributed by atoms with Crippen LogP contribution in [0, 0.1) is 22.7 Å². The summed E-state index contributed by atoms with van der Waals surface area (Å²) in [6.45, 7) is 4.88. The largest absolute Gasteiger partial charge is 0.468 e. The van der Waals surface area contributed by atoms with Crippen LogP contribution in [0.2, 0.25) is 0 Å². The molecule has 0 saturated carbocycles. The maximum absolute atomic E-state index is 13.0. The Morgan fingerprint density at radius 3 is 2.65 bits per heavy atom. The van der Waals surface area contributed by atoms with Crippen LogP contribution in [0.4, 0.5) is 0 Å². The fourth-order valence-corrected chi connectivity index (χ4v) is 4.39. The zero-order valence-electron chi connectivity index (χ0n) is 15.6. The van der Waals surface area contributed by atoms with Gasteiger partial charge in [0, 0.05) is 5.92 Å². The Morgan fingerprint density at radius 2 is 1.96 bits per heavy atom. The maximum atomic E-state index is 13.0. The summed E-state index contributed by atoms with van der Waals surface area (Å²) in [6.07, 6.45) is 8.16. The highest BCUT2D eigenvalue weighted by Gasteiger charge is 2.62. The van der Waals surface area contributed by atoms with Crippen LogP contribution in [0.25, 0.3) is 0 Å². The topological polar surface area (TPSA) is 52.6 Å². The lowest BCUT2D eigenvalue weighted by atomic mass is 9.51. The van der Waals surface area contributed by atoms with Crippen LogP contribution in [0.5, 0.6) is 0 Å². The fraction of sp³-hybridized carbons (Fsp3) is 0.455. The van der Waals surface area contributed by atoms with Crippen LogP contribution in [-0.4, -0.2) is 25.5 Å². The molecule has 1 aromatic rings. The van der Waals surface area contributed by atoms with E-state index in [1.807, 2.05) is 42.5 Å². The molecular weight excluding hydrogens is 328 g/mol. The molecule has 3 rings (SSSR count). The molecule has 2 aliphatic rings. The van der Waals surface area contributed by atoms with E-state index in [9.17, 15) is 9.59 Å². The zero-order valence-corrected chi connectivity index (χ0v) is 15.6. The van der Waals surface area contributed by atoms with Crippen LogP contribution < -0.4 is 0 Å². The Kier molecular flexibility index (Phi) is 5.15. The first-order valence-electron chi connectivity index (χ1n) is 9.03. The molecule has 0 saturated heterocycles. The second-order valence-corrected chi connectivity index (χ2v) is 7.70. The summed E-state index contributed by atoms with van der Waals surface area (Å²) in [6, 6.07) is 9.87. The number of ether oxygens (including phenoxy) is 2. The van der Waals surface area contributed by atoms with E-state index in [2.05, 4.69) is 19.9 Å². The monoisotopic (exact) mass is 354 g/mol. The molecule has 4 heteroatoms. The highest BCUT2D eigenvalue weighted by atomic mass is 16.5. The average molecular weight is 354 g/mol. The van der Waals surface area contributed by atoms with E-state index in [1.165, 1.54) is 7.11 Å². The summed E-state index contributed by atoms with van der Waals surface area (Å²) in [5.74, 6) is -1.11. The van der Waals surface area contributed by atoms with Gasteiger partial charge in [-0.3, -0.25) is 9.59 Å². The van der Waals surface area contributed by atoms with Gasteiger partial charge < -0.3 is 9.47 Å². The molecule has 1 aromatic carbocycles. The van der Waals surface area contributed by atoms with Crippen LogP contribution in [-0.2, 0) is 25.7 Å². The number of carbonyl (C=O) groups is 2. The van der Waals surface area contributed by atoms with Gasteiger partial charge in [0.15, 0.2) is 5.78 Å². The Balaban J connectivity index is 1.89. The molecule has 0 unspecified atom stereocenters. The van der Waals surface area contributed by atoms with E-state index >= 15 is 0 Å². The number of ketones is 1. The van der Waals surface area contributed by atoms with Crippen molar-refractivity contribution in [2.75, 3.05) is 13.7 Å². The summed E-state index contributed by atoms with van der Waals surface area (Å²) in [4.78, 5) is 25.9. The number of benzene rings is 1. The van der Waals surface area contributed by atoms with E-state index in [0.717, 1.165) is 5.56 Å². The number of hydrogen-bond donors (Lipinski definition) is 0. The van der Waals surface area contributed by atoms with Crippen molar-refractivity contribution in [2.24, 2.45) is 22.7 Å². The van der Waals surface area contributed by atoms with E-state index in [1.54, 1.807) is 6.08 Å². The molecule has 0 amide bonds. The van der Waals surface area contributed by atoms with E-state index in [0.29, 0.717) is 19.6 Å². The first kappa shape index (κ1) is 18.6. The standard InChI is InChI=1S/C22H26O4/c1-21(2)13-12-19(23)22(20(24)25-3)17(10-7-11-18(21)22)15-26-14-16-8-5-4-6-9-16/h4-10,12-13,17-18H,11,14-15H2,1-3H3/t17-,18+,22-/m0/s1. The predicted molar refractivity (Wildman–Crippen MR) is 99.2 cm³/mol. The first-order chi connectivity index (χ1) is 12.4. The van der Waals surface area contributed by atoms with Gasteiger partial charge in [-0.15, -0.1) is 0 Å². The second-order valence-electron chi connectivity index (χ2n) is 7.70. The number of esters is 1. The summed E-state index contributed by atoms with van der Waals surface area (Å²) >= 11 is 0. The lowest BCUT2D eigenvalue weighted by molar-refractivity contribution is -0.171. The molecule has 0 N–H and O–H groups in total.